The Morgan fingerprint density at radius 3 is 2.79 bits per heavy atom. The van der Waals surface area contributed by atoms with Crippen LogP contribution in [-0.4, -0.2) is 31.4 Å². The molecule has 0 aromatic heterocycles. The van der Waals surface area contributed by atoms with Crippen molar-refractivity contribution >= 4 is 0 Å². The van der Waals surface area contributed by atoms with Crippen LogP contribution in [0.1, 0.15) is 30.9 Å². The lowest BCUT2D eigenvalue weighted by molar-refractivity contribution is 0.0918. The Morgan fingerprint density at radius 2 is 2.00 bits per heavy atom. The van der Waals surface area contributed by atoms with E-state index in [1.807, 2.05) is 18.2 Å². The van der Waals surface area contributed by atoms with Crippen molar-refractivity contribution in [3.63, 3.8) is 0 Å². The Morgan fingerprint density at radius 1 is 1.16 bits per heavy atom. The number of hydrogen-bond donors (Lipinski definition) is 2. The van der Waals surface area contributed by atoms with Gasteiger partial charge in [0.05, 0.1) is 19.3 Å². The predicted molar refractivity (Wildman–Crippen MR) is 72.6 cm³/mol. The maximum Gasteiger partial charge on any atom is 0.161 e. The van der Waals surface area contributed by atoms with Gasteiger partial charge in [0, 0.05) is 18.9 Å². The van der Waals surface area contributed by atoms with Crippen molar-refractivity contribution in [1.82, 2.24) is 5.32 Å². The molecule has 1 fully saturated rings. The first-order valence-corrected chi connectivity index (χ1v) is 7.13. The summed E-state index contributed by atoms with van der Waals surface area (Å²) in [4.78, 5) is 0. The largest absolute Gasteiger partial charge is 0.490 e. The van der Waals surface area contributed by atoms with Crippen LogP contribution < -0.4 is 14.8 Å². The first-order valence-electron chi connectivity index (χ1n) is 7.13. The average molecular weight is 263 g/mol. The Hall–Kier alpha value is -1.26. The third-order valence-electron chi connectivity index (χ3n) is 3.89. The van der Waals surface area contributed by atoms with Crippen LogP contribution in [0.15, 0.2) is 18.2 Å². The van der Waals surface area contributed by atoms with Crippen LogP contribution in [0.25, 0.3) is 0 Å². The number of rotatable bonds is 2. The van der Waals surface area contributed by atoms with Crippen molar-refractivity contribution in [3.05, 3.63) is 23.8 Å². The lowest BCUT2D eigenvalue weighted by Gasteiger charge is -2.27. The number of hydrogen-bond acceptors (Lipinski definition) is 4. The SMILES string of the molecule is OC(c1ccc2c(c1)OCCCO2)C1CCCNC1. The molecule has 104 valence electrons. The summed E-state index contributed by atoms with van der Waals surface area (Å²) in [5.74, 6) is 1.84. The van der Waals surface area contributed by atoms with E-state index in [0.717, 1.165) is 49.4 Å². The minimum absolute atomic E-state index is 0.290. The van der Waals surface area contributed by atoms with Crippen molar-refractivity contribution in [1.29, 1.82) is 0 Å². The third kappa shape index (κ3) is 2.85. The molecule has 0 spiro atoms. The Balaban J connectivity index is 1.78. The monoisotopic (exact) mass is 263 g/mol. The van der Waals surface area contributed by atoms with Crippen LogP contribution in [-0.2, 0) is 0 Å². The summed E-state index contributed by atoms with van der Waals surface area (Å²) in [7, 11) is 0. The van der Waals surface area contributed by atoms with E-state index < -0.39 is 6.10 Å². The highest BCUT2D eigenvalue weighted by atomic mass is 16.5. The molecular weight excluding hydrogens is 242 g/mol. The van der Waals surface area contributed by atoms with Crippen molar-refractivity contribution in [3.8, 4) is 11.5 Å². The van der Waals surface area contributed by atoms with Crippen LogP contribution in [0.2, 0.25) is 0 Å². The fourth-order valence-electron chi connectivity index (χ4n) is 2.78. The molecule has 2 aliphatic rings. The third-order valence-corrected chi connectivity index (χ3v) is 3.89. The number of fused-ring (bicyclic) bond motifs is 1. The second kappa shape index (κ2) is 5.80. The molecule has 0 bridgehead atoms. The van der Waals surface area contributed by atoms with E-state index in [1.54, 1.807) is 0 Å². The number of piperidine rings is 1. The lowest BCUT2D eigenvalue weighted by atomic mass is 9.89. The van der Waals surface area contributed by atoms with Crippen molar-refractivity contribution < 1.29 is 14.6 Å². The molecule has 19 heavy (non-hydrogen) atoms. The zero-order valence-electron chi connectivity index (χ0n) is 11.1. The molecule has 0 saturated carbocycles. The van der Waals surface area contributed by atoms with Gasteiger partial charge in [-0.2, -0.15) is 0 Å². The number of ether oxygens (including phenoxy) is 2. The first-order chi connectivity index (χ1) is 9.34. The second-order valence-electron chi connectivity index (χ2n) is 5.31. The molecule has 4 nitrogen and oxygen atoms in total. The van der Waals surface area contributed by atoms with Gasteiger partial charge in [0.2, 0.25) is 0 Å². The molecule has 0 aliphatic carbocycles. The van der Waals surface area contributed by atoms with E-state index in [1.165, 1.54) is 0 Å². The lowest BCUT2D eigenvalue weighted by Crippen LogP contribution is -2.33. The minimum Gasteiger partial charge on any atom is -0.490 e. The fraction of sp³-hybridized carbons (Fsp3) is 0.600. The maximum absolute atomic E-state index is 10.5. The molecule has 1 aromatic rings. The molecule has 0 radical (unpaired) electrons. The van der Waals surface area contributed by atoms with Crippen molar-refractivity contribution in [2.24, 2.45) is 5.92 Å². The molecule has 2 unspecified atom stereocenters. The molecule has 2 atom stereocenters. The van der Waals surface area contributed by atoms with Gasteiger partial charge in [-0.25, -0.2) is 0 Å². The summed E-state index contributed by atoms with van der Waals surface area (Å²) in [6, 6.07) is 5.79. The molecule has 4 heteroatoms. The van der Waals surface area contributed by atoms with Gasteiger partial charge in [-0.1, -0.05) is 6.07 Å². The van der Waals surface area contributed by atoms with Crippen molar-refractivity contribution in [2.75, 3.05) is 26.3 Å². The molecular formula is C15H21NO3. The Bertz CT molecular complexity index is 429. The highest BCUT2D eigenvalue weighted by molar-refractivity contribution is 5.44. The normalized spacial score (nSPS) is 24.6. The number of benzene rings is 1. The quantitative estimate of drug-likeness (QED) is 0.855. The second-order valence-corrected chi connectivity index (χ2v) is 5.31. The Kier molecular flexibility index (Phi) is 3.89. The average Bonchev–Trinajstić information content (AvgIpc) is 2.72. The van der Waals surface area contributed by atoms with Gasteiger partial charge in [0.25, 0.3) is 0 Å². The van der Waals surface area contributed by atoms with Gasteiger partial charge in [-0.05, 0) is 37.1 Å². The van der Waals surface area contributed by atoms with Crippen LogP contribution in [0.3, 0.4) is 0 Å². The summed E-state index contributed by atoms with van der Waals surface area (Å²) in [5, 5.41) is 13.8. The summed E-state index contributed by atoms with van der Waals surface area (Å²) < 4.78 is 11.3. The molecule has 2 aliphatic heterocycles. The first kappa shape index (κ1) is 12.8. The van der Waals surface area contributed by atoms with Gasteiger partial charge >= 0.3 is 0 Å². The molecule has 0 amide bonds. The summed E-state index contributed by atoms with van der Waals surface area (Å²) in [6.07, 6.45) is 2.68. The maximum atomic E-state index is 10.5. The number of aliphatic hydroxyl groups is 1. The highest BCUT2D eigenvalue weighted by Gasteiger charge is 2.24. The minimum atomic E-state index is -0.426. The van der Waals surface area contributed by atoms with Gasteiger partial charge in [0.15, 0.2) is 11.5 Å². The van der Waals surface area contributed by atoms with Crippen LogP contribution in [0.4, 0.5) is 0 Å². The molecule has 2 heterocycles. The molecule has 1 aromatic carbocycles. The predicted octanol–water partition coefficient (Wildman–Crippen LogP) is 1.88. The topological polar surface area (TPSA) is 50.7 Å². The van der Waals surface area contributed by atoms with E-state index in [4.69, 9.17) is 9.47 Å². The van der Waals surface area contributed by atoms with Crippen LogP contribution in [0.5, 0.6) is 11.5 Å². The van der Waals surface area contributed by atoms with E-state index in [2.05, 4.69) is 5.32 Å². The standard InChI is InChI=1S/C15H21NO3/c17-15(12-3-1-6-16-10-12)11-4-5-13-14(9-11)19-8-2-7-18-13/h4-5,9,12,15-17H,1-3,6-8,10H2. The van der Waals surface area contributed by atoms with Crippen LogP contribution in [0, 0.1) is 5.92 Å². The van der Waals surface area contributed by atoms with E-state index in [-0.39, 0.29) is 0 Å². The number of nitrogens with one attached hydrogen (secondary N) is 1. The molecule has 2 N–H and O–H groups in total. The Labute approximate surface area is 113 Å². The fourth-order valence-corrected chi connectivity index (χ4v) is 2.78. The van der Waals surface area contributed by atoms with Crippen molar-refractivity contribution in [2.45, 2.75) is 25.4 Å². The summed E-state index contributed by atoms with van der Waals surface area (Å²) >= 11 is 0. The number of aliphatic hydroxyl groups excluding tert-OH is 1. The highest BCUT2D eigenvalue weighted by Crippen LogP contribution is 2.35. The van der Waals surface area contributed by atoms with E-state index in [0.29, 0.717) is 19.1 Å². The van der Waals surface area contributed by atoms with Crippen LogP contribution >= 0.6 is 0 Å². The van der Waals surface area contributed by atoms with E-state index in [9.17, 15) is 5.11 Å². The molecule has 3 rings (SSSR count). The van der Waals surface area contributed by atoms with Gasteiger partial charge in [-0.3, -0.25) is 0 Å². The smallest absolute Gasteiger partial charge is 0.161 e. The van der Waals surface area contributed by atoms with E-state index >= 15 is 0 Å². The molecule has 1 saturated heterocycles. The van der Waals surface area contributed by atoms with Gasteiger partial charge in [0.1, 0.15) is 0 Å². The summed E-state index contributed by atoms with van der Waals surface area (Å²) in [5.41, 5.74) is 0.929. The van der Waals surface area contributed by atoms with Gasteiger partial charge < -0.3 is 19.9 Å². The summed E-state index contributed by atoms with van der Waals surface area (Å²) in [6.45, 7) is 3.32. The van der Waals surface area contributed by atoms with Gasteiger partial charge in [-0.15, -0.1) is 0 Å². The zero-order chi connectivity index (χ0) is 13.1. The zero-order valence-corrected chi connectivity index (χ0v) is 11.1.